The van der Waals surface area contributed by atoms with E-state index in [1.165, 1.54) is 0 Å². The lowest BCUT2D eigenvalue weighted by atomic mass is 10.1. The van der Waals surface area contributed by atoms with Gasteiger partial charge in [0.25, 0.3) is 11.8 Å². The Kier molecular flexibility index (Phi) is 3.94. The van der Waals surface area contributed by atoms with E-state index in [1.54, 1.807) is 48.7 Å². The van der Waals surface area contributed by atoms with Gasteiger partial charge in [0.05, 0.1) is 0 Å². The fourth-order valence-corrected chi connectivity index (χ4v) is 1.51. The molecular weight excluding hydrogens is 246 g/mol. The van der Waals surface area contributed by atoms with Gasteiger partial charge in [-0.1, -0.05) is 30.3 Å². The molecule has 0 aliphatic carbocycles. The van der Waals surface area contributed by atoms with E-state index in [0.29, 0.717) is 11.3 Å². The van der Waals surface area contributed by atoms with Crippen LogP contribution in [0.2, 0.25) is 0 Å². The number of nitrogens with one attached hydrogen (secondary N) is 3. The Morgan fingerprint density at radius 3 is 2.42 bits per heavy atom. The molecule has 1 heterocycles. The van der Waals surface area contributed by atoms with Crippen molar-refractivity contribution in [2.45, 2.75) is 6.10 Å². The van der Waals surface area contributed by atoms with Gasteiger partial charge in [0.1, 0.15) is 5.69 Å². The number of rotatable bonds is 3. The third-order valence-corrected chi connectivity index (χ3v) is 2.51. The lowest BCUT2D eigenvalue weighted by Crippen LogP contribution is -2.44. The van der Waals surface area contributed by atoms with Crippen molar-refractivity contribution in [3.8, 4) is 0 Å². The first-order chi connectivity index (χ1) is 9.18. The molecule has 2 aromatic rings. The molecule has 0 bridgehead atoms. The molecule has 0 aliphatic heterocycles. The van der Waals surface area contributed by atoms with Gasteiger partial charge in [-0.25, -0.2) is 0 Å². The second-order valence-electron chi connectivity index (χ2n) is 3.84. The quantitative estimate of drug-likeness (QED) is 0.605. The number of hydrazine groups is 1. The van der Waals surface area contributed by atoms with Crippen molar-refractivity contribution in [2.24, 2.45) is 0 Å². The molecule has 1 aromatic heterocycles. The molecule has 0 spiro atoms. The first-order valence-corrected chi connectivity index (χ1v) is 5.65. The zero-order chi connectivity index (χ0) is 13.7. The minimum absolute atomic E-state index is 0.314. The van der Waals surface area contributed by atoms with Gasteiger partial charge in [-0.3, -0.25) is 20.4 Å². The smallest absolute Gasteiger partial charge is 0.286 e. The number of H-pyrrole nitrogens is 1. The summed E-state index contributed by atoms with van der Waals surface area (Å²) in [5.41, 5.74) is 5.13. The number of amides is 2. The van der Waals surface area contributed by atoms with Crippen molar-refractivity contribution < 1.29 is 14.7 Å². The molecule has 19 heavy (non-hydrogen) atoms. The fourth-order valence-electron chi connectivity index (χ4n) is 1.51. The zero-order valence-electron chi connectivity index (χ0n) is 9.96. The number of aliphatic hydroxyl groups is 1. The van der Waals surface area contributed by atoms with E-state index in [9.17, 15) is 14.7 Å². The van der Waals surface area contributed by atoms with E-state index < -0.39 is 17.9 Å². The predicted molar refractivity (Wildman–Crippen MR) is 67.8 cm³/mol. The molecule has 1 aromatic carbocycles. The largest absolute Gasteiger partial charge is 0.378 e. The Morgan fingerprint density at radius 1 is 1.05 bits per heavy atom. The highest BCUT2D eigenvalue weighted by Gasteiger charge is 2.17. The average Bonchev–Trinajstić information content (AvgIpc) is 2.98. The summed E-state index contributed by atoms with van der Waals surface area (Å²) in [6.07, 6.45) is 0.264. The predicted octanol–water partition coefficient (Wildman–Crippen LogP) is 0.509. The maximum Gasteiger partial charge on any atom is 0.286 e. The maximum absolute atomic E-state index is 11.6. The van der Waals surface area contributed by atoms with E-state index >= 15 is 0 Å². The molecule has 0 saturated heterocycles. The van der Waals surface area contributed by atoms with E-state index in [4.69, 9.17) is 0 Å². The number of aromatic amines is 1. The molecular formula is C13H13N3O3. The van der Waals surface area contributed by atoms with Crippen LogP contribution >= 0.6 is 0 Å². The van der Waals surface area contributed by atoms with Crippen molar-refractivity contribution in [1.29, 1.82) is 0 Å². The van der Waals surface area contributed by atoms with E-state index in [0.717, 1.165) is 0 Å². The van der Waals surface area contributed by atoms with Crippen LogP contribution in [0.15, 0.2) is 48.7 Å². The van der Waals surface area contributed by atoms with E-state index in [-0.39, 0.29) is 0 Å². The number of carbonyl (C=O) groups is 2. The molecule has 0 aliphatic rings. The van der Waals surface area contributed by atoms with Gasteiger partial charge in [-0.05, 0) is 17.7 Å². The van der Waals surface area contributed by atoms with Gasteiger partial charge in [0.15, 0.2) is 6.10 Å². The molecule has 6 nitrogen and oxygen atoms in total. The molecule has 4 N–H and O–H groups in total. The Morgan fingerprint density at radius 2 is 1.79 bits per heavy atom. The molecule has 0 saturated carbocycles. The second-order valence-corrected chi connectivity index (χ2v) is 3.84. The molecule has 98 valence electrons. The summed E-state index contributed by atoms with van der Waals surface area (Å²) in [5.74, 6) is -1.19. The number of carbonyl (C=O) groups excluding carboxylic acids is 2. The summed E-state index contributed by atoms with van der Waals surface area (Å²) in [5, 5.41) is 9.76. The van der Waals surface area contributed by atoms with E-state index in [1.807, 2.05) is 0 Å². The van der Waals surface area contributed by atoms with Gasteiger partial charge in [0, 0.05) is 6.20 Å². The molecule has 0 fully saturated rings. The number of hydrogen-bond donors (Lipinski definition) is 4. The lowest BCUT2D eigenvalue weighted by molar-refractivity contribution is -0.130. The zero-order valence-corrected chi connectivity index (χ0v) is 9.96. The normalized spacial score (nSPS) is 11.6. The topological polar surface area (TPSA) is 94.2 Å². The van der Waals surface area contributed by atoms with Crippen molar-refractivity contribution in [3.63, 3.8) is 0 Å². The van der Waals surface area contributed by atoms with Gasteiger partial charge in [-0.15, -0.1) is 0 Å². The second kappa shape index (κ2) is 5.83. The molecule has 0 radical (unpaired) electrons. The molecule has 2 amide bonds. The Hall–Kier alpha value is -2.60. The lowest BCUT2D eigenvalue weighted by Gasteiger charge is -2.11. The third kappa shape index (κ3) is 3.20. The van der Waals surface area contributed by atoms with Crippen LogP contribution in [0.3, 0.4) is 0 Å². The standard InChI is InChI=1S/C13H13N3O3/c17-11(9-5-2-1-3-6-9)13(19)16-15-12(18)10-7-4-8-14-10/h1-8,11,14,17H,(H,15,18)(H,16,19). The van der Waals surface area contributed by atoms with Crippen LogP contribution in [0, 0.1) is 0 Å². The van der Waals surface area contributed by atoms with Crippen LogP contribution in [-0.4, -0.2) is 21.9 Å². The highest BCUT2D eigenvalue weighted by Crippen LogP contribution is 2.11. The first-order valence-electron chi connectivity index (χ1n) is 5.65. The van der Waals surface area contributed by atoms with Crippen LogP contribution in [0.4, 0.5) is 0 Å². The fraction of sp³-hybridized carbons (Fsp3) is 0.0769. The van der Waals surface area contributed by atoms with Gasteiger partial charge >= 0.3 is 0 Å². The number of benzene rings is 1. The highest BCUT2D eigenvalue weighted by molar-refractivity contribution is 5.94. The summed E-state index contributed by atoms with van der Waals surface area (Å²) in [7, 11) is 0. The molecule has 1 unspecified atom stereocenters. The monoisotopic (exact) mass is 259 g/mol. The summed E-state index contributed by atoms with van der Waals surface area (Å²) >= 11 is 0. The van der Waals surface area contributed by atoms with Gasteiger partial charge < -0.3 is 10.1 Å². The number of aromatic nitrogens is 1. The van der Waals surface area contributed by atoms with Crippen LogP contribution in [0.25, 0.3) is 0 Å². The van der Waals surface area contributed by atoms with Crippen molar-refractivity contribution in [2.75, 3.05) is 0 Å². The average molecular weight is 259 g/mol. The summed E-state index contributed by atoms with van der Waals surface area (Å²) < 4.78 is 0. The van der Waals surface area contributed by atoms with Crippen LogP contribution in [0.1, 0.15) is 22.2 Å². The Labute approximate surface area is 109 Å². The minimum Gasteiger partial charge on any atom is -0.378 e. The summed E-state index contributed by atoms with van der Waals surface area (Å²) in [4.78, 5) is 25.9. The van der Waals surface area contributed by atoms with Crippen molar-refractivity contribution >= 4 is 11.8 Å². The number of aliphatic hydroxyl groups excluding tert-OH is 1. The minimum atomic E-state index is -1.33. The maximum atomic E-state index is 11.6. The van der Waals surface area contributed by atoms with E-state index in [2.05, 4.69) is 15.8 Å². The Balaban J connectivity index is 1.90. The third-order valence-electron chi connectivity index (χ3n) is 2.51. The molecule has 1 atom stereocenters. The SMILES string of the molecule is O=C(NNC(=O)C(O)c1ccccc1)c1ccc[nH]1. The summed E-state index contributed by atoms with van der Waals surface area (Å²) in [6.45, 7) is 0. The first kappa shape index (κ1) is 12.8. The number of hydrogen-bond acceptors (Lipinski definition) is 3. The Bertz CT molecular complexity index is 552. The molecule has 6 heteroatoms. The van der Waals surface area contributed by atoms with Crippen molar-refractivity contribution in [1.82, 2.24) is 15.8 Å². The molecule has 2 rings (SSSR count). The highest BCUT2D eigenvalue weighted by atomic mass is 16.3. The van der Waals surface area contributed by atoms with Crippen LogP contribution in [0.5, 0.6) is 0 Å². The van der Waals surface area contributed by atoms with Crippen LogP contribution in [-0.2, 0) is 4.79 Å². The van der Waals surface area contributed by atoms with Gasteiger partial charge in [0.2, 0.25) is 0 Å². The summed E-state index contributed by atoms with van der Waals surface area (Å²) in [6, 6.07) is 11.7. The van der Waals surface area contributed by atoms with Gasteiger partial charge in [-0.2, -0.15) is 0 Å². The van der Waals surface area contributed by atoms with Crippen molar-refractivity contribution in [3.05, 3.63) is 59.9 Å². The van der Waals surface area contributed by atoms with Crippen LogP contribution < -0.4 is 10.9 Å².